The van der Waals surface area contributed by atoms with Gasteiger partial charge in [0, 0.05) is 23.5 Å². The van der Waals surface area contributed by atoms with Crippen LogP contribution in [0.15, 0.2) is 36.4 Å². The Kier molecular flexibility index (Phi) is 6.05. The predicted octanol–water partition coefficient (Wildman–Crippen LogP) is 2.51. The minimum absolute atomic E-state index is 0.116. The Balaban J connectivity index is 2.10. The molecule has 0 heterocycles. The van der Waals surface area contributed by atoms with E-state index in [9.17, 15) is 18.7 Å². The van der Waals surface area contributed by atoms with Crippen molar-refractivity contribution >= 4 is 23.1 Å². The third-order valence-electron chi connectivity index (χ3n) is 3.09. The van der Waals surface area contributed by atoms with Crippen LogP contribution >= 0.6 is 0 Å². The second-order valence-corrected chi connectivity index (χ2v) is 4.92. The van der Waals surface area contributed by atoms with Crippen LogP contribution in [0.3, 0.4) is 0 Å². The van der Waals surface area contributed by atoms with E-state index < -0.39 is 17.7 Å². The maximum Gasteiger partial charge on any atom is 0.323 e. The highest BCUT2D eigenvalue weighted by molar-refractivity contribution is 6.00. The van der Waals surface area contributed by atoms with Crippen molar-refractivity contribution in [3.8, 4) is 0 Å². The van der Waals surface area contributed by atoms with Gasteiger partial charge in [-0.1, -0.05) is 6.07 Å². The summed E-state index contributed by atoms with van der Waals surface area (Å²) in [7, 11) is 0. The molecule has 2 amide bonds. The molecule has 2 aromatic carbocycles. The molecular formula is C16H17F2N3O3. The van der Waals surface area contributed by atoms with Crippen LogP contribution in [0.5, 0.6) is 0 Å². The lowest BCUT2D eigenvalue weighted by Gasteiger charge is -2.12. The number of nitrogens with one attached hydrogen (secondary N) is 3. The van der Waals surface area contributed by atoms with Gasteiger partial charge in [-0.05, 0) is 30.3 Å². The third-order valence-corrected chi connectivity index (χ3v) is 3.09. The zero-order valence-corrected chi connectivity index (χ0v) is 12.6. The molecule has 5 N–H and O–H groups in total. The number of halogens is 2. The van der Waals surface area contributed by atoms with Crippen LogP contribution in [0, 0.1) is 11.6 Å². The average molecular weight is 337 g/mol. The number of benzene rings is 2. The van der Waals surface area contributed by atoms with Crippen molar-refractivity contribution in [3.05, 3.63) is 53.6 Å². The number of aliphatic hydroxyl groups excluding tert-OH is 2. The van der Waals surface area contributed by atoms with Crippen LogP contribution in [0.1, 0.15) is 5.56 Å². The number of anilines is 3. The summed E-state index contributed by atoms with van der Waals surface area (Å²) in [6.45, 7) is -0.257. The van der Waals surface area contributed by atoms with E-state index >= 15 is 0 Å². The molecule has 0 aliphatic carbocycles. The first kappa shape index (κ1) is 17.6. The summed E-state index contributed by atoms with van der Waals surface area (Å²) < 4.78 is 26.8. The Hall–Kier alpha value is -2.71. The van der Waals surface area contributed by atoms with Crippen LogP contribution in [-0.2, 0) is 6.61 Å². The fourth-order valence-corrected chi connectivity index (χ4v) is 2.05. The monoisotopic (exact) mass is 337 g/mol. The summed E-state index contributed by atoms with van der Waals surface area (Å²) in [6, 6.07) is 6.69. The normalized spacial score (nSPS) is 10.3. The van der Waals surface area contributed by atoms with E-state index in [-0.39, 0.29) is 31.1 Å². The molecule has 0 saturated carbocycles. The Morgan fingerprint density at radius 3 is 2.42 bits per heavy atom. The number of carbonyl (C=O) groups excluding carboxylic acids is 1. The first-order chi connectivity index (χ1) is 11.5. The number of amides is 2. The molecular weight excluding hydrogens is 320 g/mol. The molecule has 0 radical (unpaired) electrons. The van der Waals surface area contributed by atoms with Crippen molar-refractivity contribution in [2.24, 2.45) is 0 Å². The Bertz CT molecular complexity index is 726. The highest BCUT2D eigenvalue weighted by Crippen LogP contribution is 2.20. The van der Waals surface area contributed by atoms with Crippen LogP contribution < -0.4 is 16.0 Å². The van der Waals surface area contributed by atoms with Crippen LogP contribution in [0.25, 0.3) is 0 Å². The third kappa shape index (κ3) is 4.90. The van der Waals surface area contributed by atoms with Crippen molar-refractivity contribution in [1.82, 2.24) is 0 Å². The largest absolute Gasteiger partial charge is 0.395 e. The average Bonchev–Trinajstić information content (AvgIpc) is 2.52. The van der Waals surface area contributed by atoms with Gasteiger partial charge in [-0.2, -0.15) is 0 Å². The predicted molar refractivity (Wildman–Crippen MR) is 86.9 cm³/mol. The van der Waals surface area contributed by atoms with Crippen molar-refractivity contribution in [1.29, 1.82) is 0 Å². The van der Waals surface area contributed by atoms with E-state index in [0.717, 1.165) is 12.1 Å². The zero-order chi connectivity index (χ0) is 17.5. The molecule has 0 bridgehead atoms. The number of hydrogen-bond donors (Lipinski definition) is 5. The molecule has 2 aromatic rings. The van der Waals surface area contributed by atoms with Crippen molar-refractivity contribution in [3.63, 3.8) is 0 Å². The summed E-state index contributed by atoms with van der Waals surface area (Å²) in [5.41, 5.74) is 1.03. The van der Waals surface area contributed by atoms with Crippen LogP contribution in [0.4, 0.5) is 30.6 Å². The van der Waals surface area contributed by atoms with E-state index in [1.165, 1.54) is 24.3 Å². The number of carbonyl (C=O) groups is 1. The summed E-state index contributed by atoms with van der Waals surface area (Å²) in [5.74, 6) is -1.14. The molecule has 0 aliphatic rings. The van der Waals surface area contributed by atoms with Gasteiger partial charge in [0.25, 0.3) is 0 Å². The fraction of sp³-hybridized carbons (Fsp3) is 0.188. The zero-order valence-electron chi connectivity index (χ0n) is 12.6. The van der Waals surface area contributed by atoms with E-state index in [4.69, 9.17) is 5.11 Å². The molecule has 0 fully saturated rings. The van der Waals surface area contributed by atoms with Crippen molar-refractivity contribution in [2.45, 2.75) is 6.61 Å². The van der Waals surface area contributed by atoms with E-state index in [0.29, 0.717) is 11.3 Å². The number of aliphatic hydroxyl groups is 2. The quantitative estimate of drug-likeness (QED) is 0.560. The SMILES string of the molecule is O=C(Nc1cc(F)cc(NCCO)c1)Nc1cc(F)ccc1CO. The van der Waals surface area contributed by atoms with Crippen molar-refractivity contribution in [2.75, 3.05) is 29.1 Å². The Morgan fingerprint density at radius 1 is 0.958 bits per heavy atom. The standard InChI is InChI=1S/C16H17F2N3O3/c17-11-2-1-10(9-23)15(7-11)21-16(24)20-14-6-12(18)5-13(8-14)19-3-4-22/h1-2,5-8,19,22-23H,3-4,9H2,(H2,20,21,24). The van der Waals surface area contributed by atoms with E-state index in [2.05, 4.69) is 16.0 Å². The van der Waals surface area contributed by atoms with Crippen molar-refractivity contribution < 1.29 is 23.8 Å². The Labute approximate surface area is 137 Å². The van der Waals surface area contributed by atoms with Crippen LogP contribution in [-0.4, -0.2) is 29.4 Å². The van der Waals surface area contributed by atoms with Gasteiger partial charge in [0.1, 0.15) is 11.6 Å². The van der Waals surface area contributed by atoms with Gasteiger partial charge >= 0.3 is 6.03 Å². The van der Waals surface area contributed by atoms with E-state index in [1.54, 1.807) is 0 Å². The molecule has 2 rings (SSSR count). The highest BCUT2D eigenvalue weighted by Gasteiger charge is 2.09. The molecule has 6 nitrogen and oxygen atoms in total. The molecule has 0 atom stereocenters. The molecule has 0 aliphatic heterocycles. The first-order valence-corrected chi connectivity index (χ1v) is 7.14. The maximum absolute atomic E-state index is 13.5. The second-order valence-electron chi connectivity index (χ2n) is 4.92. The van der Waals surface area contributed by atoms with Gasteiger partial charge in [-0.15, -0.1) is 0 Å². The lowest BCUT2D eigenvalue weighted by atomic mass is 10.2. The van der Waals surface area contributed by atoms with Gasteiger partial charge < -0.3 is 26.2 Å². The smallest absolute Gasteiger partial charge is 0.323 e. The maximum atomic E-state index is 13.5. The number of hydrogen-bond acceptors (Lipinski definition) is 4. The van der Waals surface area contributed by atoms with Gasteiger partial charge in [0.05, 0.1) is 18.9 Å². The van der Waals surface area contributed by atoms with Gasteiger partial charge in [-0.3, -0.25) is 0 Å². The lowest BCUT2D eigenvalue weighted by Crippen LogP contribution is -2.20. The molecule has 0 aromatic heterocycles. The van der Waals surface area contributed by atoms with Gasteiger partial charge in [-0.25, -0.2) is 13.6 Å². The molecule has 8 heteroatoms. The highest BCUT2D eigenvalue weighted by atomic mass is 19.1. The summed E-state index contributed by atoms with van der Waals surface area (Å²) in [5, 5.41) is 25.6. The minimum atomic E-state index is -0.714. The summed E-state index contributed by atoms with van der Waals surface area (Å²) in [6.07, 6.45) is 0. The lowest BCUT2D eigenvalue weighted by molar-refractivity contribution is 0.262. The molecule has 128 valence electrons. The van der Waals surface area contributed by atoms with Gasteiger partial charge in [0.15, 0.2) is 0 Å². The fourth-order valence-electron chi connectivity index (χ4n) is 2.05. The van der Waals surface area contributed by atoms with Gasteiger partial charge in [0.2, 0.25) is 0 Å². The molecule has 0 spiro atoms. The molecule has 24 heavy (non-hydrogen) atoms. The minimum Gasteiger partial charge on any atom is -0.395 e. The van der Waals surface area contributed by atoms with Crippen LogP contribution in [0.2, 0.25) is 0 Å². The second kappa shape index (κ2) is 8.23. The number of rotatable bonds is 6. The molecule has 0 unspecified atom stereocenters. The molecule has 0 saturated heterocycles. The summed E-state index contributed by atoms with van der Waals surface area (Å²) in [4.78, 5) is 12.0. The first-order valence-electron chi connectivity index (χ1n) is 7.14. The summed E-state index contributed by atoms with van der Waals surface area (Å²) >= 11 is 0. The van der Waals surface area contributed by atoms with E-state index in [1.807, 2.05) is 0 Å². The number of urea groups is 1. The Morgan fingerprint density at radius 2 is 1.71 bits per heavy atom. The topological polar surface area (TPSA) is 93.6 Å².